The van der Waals surface area contributed by atoms with Crippen LogP contribution in [0.15, 0.2) is 45.7 Å². The van der Waals surface area contributed by atoms with Gasteiger partial charge in [-0.15, -0.1) is 0 Å². The van der Waals surface area contributed by atoms with E-state index in [1.54, 1.807) is 30.3 Å². The Balaban J connectivity index is 2.18. The SMILES string of the molecule is O=C1c2c([nH]c(=O)n(Cc3ccccc3)c2=O)C=C(F)C1F. The van der Waals surface area contributed by atoms with Gasteiger partial charge in [-0.3, -0.25) is 14.2 Å². The molecule has 1 heterocycles. The number of fused-ring (bicyclic) bond motifs is 1. The van der Waals surface area contributed by atoms with E-state index in [0.29, 0.717) is 11.6 Å². The summed E-state index contributed by atoms with van der Waals surface area (Å²) in [7, 11) is 0. The van der Waals surface area contributed by atoms with Crippen LogP contribution in [0.4, 0.5) is 8.78 Å². The number of nitrogens with one attached hydrogen (secondary N) is 1. The molecule has 5 nitrogen and oxygen atoms in total. The van der Waals surface area contributed by atoms with E-state index < -0.39 is 34.6 Å². The van der Waals surface area contributed by atoms with E-state index in [1.807, 2.05) is 0 Å². The van der Waals surface area contributed by atoms with Crippen molar-refractivity contribution >= 4 is 11.9 Å². The molecule has 1 aromatic heterocycles. The highest BCUT2D eigenvalue weighted by Gasteiger charge is 2.34. The standard InChI is InChI=1S/C15H10F2N2O3/c16-9-6-10-11(13(20)12(9)17)14(21)19(15(22)18-10)7-8-4-2-1-3-5-8/h1-6,12H,7H2,(H,18,22). The van der Waals surface area contributed by atoms with Crippen LogP contribution in [-0.4, -0.2) is 21.5 Å². The lowest BCUT2D eigenvalue weighted by molar-refractivity contribution is 0.0883. The van der Waals surface area contributed by atoms with Crippen LogP contribution in [0.2, 0.25) is 0 Å². The fourth-order valence-corrected chi connectivity index (χ4v) is 2.31. The average molecular weight is 304 g/mol. The summed E-state index contributed by atoms with van der Waals surface area (Å²) in [6.07, 6.45) is -1.84. The van der Waals surface area contributed by atoms with E-state index in [2.05, 4.69) is 4.98 Å². The van der Waals surface area contributed by atoms with E-state index in [4.69, 9.17) is 0 Å². The zero-order valence-electron chi connectivity index (χ0n) is 11.2. The fraction of sp³-hybridized carbons (Fsp3) is 0.133. The molecule has 0 amide bonds. The van der Waals surface area contributed by atoms with Crippen LogP contribution in [0.5, 0.6) is 0 Å². The highest BCUT2D eigenvalue weighted by Crippen LogP contribution is 2.23. The van der Waals surface area contributed by atoms with Crippen LogP contribution < -0.4 is 11.2 Å². The Morgan fingerprint density at radius 3 is 2.50 bits per heavy atom. The number of carbonyl (C=O) groups excluding carboxylic acids is 1. The molecule has 0 saturated heterocycles. The predicted octanol–water partition coefficient (Wildman–Crippen LogP) is 1.43. The molecule has 1 aromatic carbocycles. The second-order valence-electron chi connectivity index (χ2n) is 4.85. The highest BCUT2D eigenvalue weighted by atomic mass is 19.2. The van der Waals surface area contributed by atoms with Crippen molar-refractivity contribution in [3.8, 4) is 0 Å². The Labute approximate surface area is 122 Å². The number of H-pyrrole nitrogens is 1. The summed E-state index contributed by atoms with van der Waals surface area (Å²) in [5, 5.41) is 0. The minimum atomic E-state index is -2.50. The van der Waals surface area contributed by atoms with Crippen molar-refractivity contribution in [3.05, 3.63) is 73.8 Å². The molecule has 2 aromatic rings. The van der Waals surface area contributed by atoms with Gasteiger partial charge in [0.15, 0.2) is 0 Å². The Hall–Kier alpha value is -2.83. The van der Waals surface area contributed by atoms with Gasteiger partial charge < -0.3 is 4.98 Å². The normalized spacial score (nSPS) is 17.1. The Morgan fingerprint density at radius 2 is 1.82 bits per heavy atom. The number of aromatic nitrogens is 2. The summed E-state index contributed by atoms with van der Waals surface area (Å²) in [5.41, 5.74) is -1.89. The molecule has 0 saturated carbocycles. The fourth-order valence-electron chi connectivity index (χ4n) is 2.31. The number of halogens is 2. The van der Waals surface area contributed by atoms with Crippen LogP contribution in [0.25, 0.3) is 6.08 Å². The molecule has 3 rings (SSSR count). The first-order chi connectivity index (χ1) is 10.5. The van der Waals surface area contributed by atoms with Gasteiger partial charge in [-0.05, 0) is 11.6 Å². The predicted molar refractivity (Wildman–Crippen MR) is 75.2 cm³/mol. The first-order valence-electron chi connectivity index (χ1n) is 6.45. The van der Waals surface area contributed by atoms with Gasteiger partial charge in [0.25, 0.3) is 5.56 Å². The van der Waals surface area contributed by atoms with Gasteiger partial charge in [-0.2, -0.15) is 0 Å². The van der Waals surface area contributed by atoms with Gasteiger partial charge in [0.2, 0.25) is 12.0 Å². The molecule has 22 heavy (non-hydrogen) atoms. The van der Waals surface area contributed by atoms with Crippen LogP contribution in [0.1, 0.15) is 21.6 Å². The Kier molecular flexibility index (Phi) is 3.32. The molecule has 7 heteroatoms. The number of carbonyl (C=O) groups is 1. The average Bonchev–Trinajstić information content (AvgIpc) is 2.50. The maximum atomic E-state index is 13.5. The van der Waals surface area contributed by atoms with Crippen LogP contribution >= 0.6 is 0 Å². The Bertz CT molecular complexity index is 897. The van der Waals surface area contributed by atoms with Crippen LogP contribution in [0, 0.1) is 0 Å². The molecular formula is C15H10F2N2O3. The van der Waals surface area contributed by atoms with Crippen molar-refractivity contribution in [1.82, 2.24) is 9.55 Å². The molecule has 1 aliphatic carbocycles. The van der Waals surface area contributed by atoms with Crippen molar-refractivity contribution in [2.75, 3.05) is 0 Å². The number of hydrogen-bond donors (Lipinski definition) is 1. The molecule has 0 spiro atoms. The summed E-state index contributed by atoms with van der Waals surface area (Å²) >= 11 is 0. The topological polar surface area (TPSA) is 71.9 Å². The van der Waals surface area contributed by atoms with Gasteiger partial charge in [0.1, 0.15) is 11.4 Å². The number of Topliss-reactive ketones (excluding diaryl/α,β-unsaturated/α-hetero) is 1. The summed E-state index contributed by atoms with van der Waals surface area (Å²) in [4.78, 5) is 38.3. The van der Waals surface area contributed by atoms with Gasteiger partial charge >= 0.3 is 5.69 Å². The quantitative estimate of drug-likeness (QED) is 0.912. The first-order valence-corrected chi connectivity index (χ1v) is 6.45. The molecule has 0 radical (unpaired) electrons. The summed E-state index contributed by atoms with van der Waals surface area (Å²) in [5.74, 6) is -2.61. The summed E-state index contributed by atoms with van der Waals surface area (Å²) < 4.78 is 27.5. The molecule has 1 N–H and O–H groups in total. The molecule has 1 atom stereocenters. The summed E-state index contributed by atoms with van der Waals surface area (Å²) in [6.45, 7) is -0.0707. The first kappa shape index (κ1) is 14.1. The van der Waals surface area contributed by atoms with Crippen LogP contribution in [0.3, 0.4) is 0 Å². The largest absolute Gasteiger partial charge is 0.329 e. The van der Waals surface area contributed by atoms with Gasteiger partial charge in [0.05, 0.1) is 12.2 Å². The Morgan fingerprint density at radius 1 is 1.14 bits per heavy atom. The van der Waals surface area contributed by atoms with E-state index in [9.17, 15) is 23.2 Å². The number of benzene rings is 1. The minimum Gasteiger partial charge on any atom is -0.306 e. The van der Waals surface area contributed by atoms with Gasteiger partial charge in [-0.1, -0.05) is 30.3 Å². The molecule has 112 valence electrons. The van der Waals surface area contributed by atoms with Crippen LogP contribution in [-0.2, 0) is 6.54 Å². The third-order valence-corrected chi connectivity index (χ3v) is 3.40. The van der Waals surface area contributed by atoms with Gasteiger partial charge in [-0.25, -0.2) is 13.6 Å². The number of nitrogens with zero attached hydrogens (tertiary/aromatic N) is 1. The van der Waals surface area contributed by atoms with Crippen molar-refractivity contribution in [2.45, 2.75) is 12.7 Å². The number of alkyl halides is 1. The lowest BCUT2D eigenvalue weighted by Gasteiger charge is -2.15. The molecule has 0 aliphatic heterocycles. The monoisotopic (exact) mass is 304 g/mol. The molecule has 0 fully saturated rings. The third-order valence-electron chi connectivity index (χ3n) is 3.40. The number of ketones is 1. The van der Waals surface area contributed by atoms with Crippen molar-refractivity contribution in [2.24, 2.45) is 0 Å². The molecular weight excluding hydrogens is 294 g/mol. The van der Waals surface area contributed by atoms with Crippen molar-refractivity contribution in [1.29, 1.82) is 0 Å². The number of rotatable bonds is 2. The van der Waals surface area contributed by atoms with Crippen molar-refractivity contribution < 1.29 is 13.6 Å². The zero-order chi connectivity index (χ0) is 15.9. The third kappa shape index (κ3) is 2.20. The minimum absolute atomic E-state index is 0.0707. The maximum Gasteiger partial charge on any atom is 0.329 e. The molecule has 1 unspecified atom stereocenters. The maximum absolute atomic E-state index is 13.5. The summed E-state index contributed by atoms with van der Waals surface area (Å²) in [6, 6.07) is 8.63. The smallest absolute Gasteiger partial charge is 0.306 e. The van der Waals surface area contributed by atoms with E-state index in [0.717, 1.165) is 4.57 Å². The van der Waals surface area contributed by atoms with E-state index in [1.165, 1.54) is 0 Å². The van der Waals surface area contributed by atoms with Gasteiger partial charge in [0, 0.05) is 0 Å². The lowest BCUT2D eigenvalue weighted by Crippen LogP contribution is -2.42. The second kappa shape index (κ2) is 5.18. The lowest BCUT2D eigenvalue weighted by atomic mass is 9.99. The number of aromatic amines is 1. The number of hydrogen-bond acceptors (Lipinski definition) is 3. The van der Waals surface area contributed by atoms with E-state index >= 15 is 0 Å². The van der Waals surface area contributed by atoms with Crippen molar-refractivity contribution in [3.63, 3.8) is 0 Å². The number of allylic oxidation sites excluding steroid dienone is 1. The zero-order valence-corrected chi connectivity index (χ0v) is 11.2. The second-order valence-corrected chi connectivity index (χ2v) is 4.85. The molecule has 0 bridgehead atoms. The highest BCUT2D eigenvalue weighted by molar-refractivity contribution is 6.05. The van der Waals surface area contributed by atoms with E-state index in [-0.39, 0.29) is 12.2 Å². The molecule has 1 aliphatic rings.